The molecule has 3 aromatic heterocycles. The smallest absolute Gasteiger partial charge is 0.305 e. The molecule has 1 aromatic carbocycles. The minimum atomic E-state index is -0.689. The molecule has 0 aliphatic heterocycles. The average Bonchev–Trinajstić information content (AvgIpc) is 3.15. The Morgan fingerprint density at radius 3 is 2.78 bits per heavy atom. The molecule has 114 valence electrons. The lowest BCUT2D eigenvalue weighted by Crippen LogP contribution is -2.19. The number of nitro benzene ring substituents is 1. The first-order chi connectivity index (χ1) is 11.0. The predicted molar refractivity (Wildman–Crippen MR) is 77.7 cm³/mol. The van der Waals surface area contributed by atoms with Crippen LogP contribution in [-0.4, -0.2) is 34.1 Å². The first kappa shape index (κ1) is 12.9. The van der Waals surface area contributed by atoms with Crippen LogP contribution in [0.1, 0.15) is 0 Å². The van der Waals surface area contributed by atoms with E-state index in [0.29, 0.717) is 5.39 Å². The highest BCUT2D eigenvalue weighted by Gasteiger charge is 2.19. The molecule has 0 radical (unpaired) electrons. The van der Waals surface area contributed by atoms with Crippen molar-refractivity contribution in [2.75, 3.05) is 0 Å². The van der Waals surface area contributed by atoms with Crippen molar-refractivity contribution in [3.8, 4) is 5.69 Å². The zero-order valence-electron chi connectivity index (χ0n) is 11.3. The van der Waals surface area contributed by atoms with Gasteiger partial charge in [-0.05, 0) is 6.07 Å². The molecule has 0 unspecified atom stereocenters. The first-order valence-electron chi connectivity index (χ1n) is 6.36. The van der Waals surface area contributed by atoms with E-state index in [4.69, 9.17) is 0 Å². The largest absolute Gasteiger partial charge is 0.362 e. The molecule has 0 atom stereocenters. The van der Waals surface area contributed by atoms with E-state index in [-0.39, 0.29) is 22.5 Å². The Morgan fingerprint density at radius 2 is 2.09 bits per heavy atom. The fourth-order valence-electron chi connectivity index (χ4n) is 2.44. The zero-order valence-corrected chi connectivity index (χ0v) is 11.3. The summed E-state index contributed by atoms with van der Waals surface area (Å²) in [5.74, 6) is 0. The highest BCUT2D eigenvalue weighted by molar-refractivity contribution is 5.94. The van der Waals surface area contributed by atoms with E-state index in [1.165, 1.54) is 29.2 Å². The molecular formula is C12H7N7O4. The van der Waals surface area contributed by atoms with E-state index < -0.39 is 16.3 Å². The maximum Gasteiger partial charge on any atom is 0.362 e. The number of aromatic nitrogens is 6. The van der Waals surface area contributed by atoms with Gasteiger partial charge in [-0.2, -0.15) is 9.50 Å². The Hall–Kier alpha value is -3.76. The maximum absolute atomic E-state index is 11.9. The molecule has 0 fully saturated rings. The number of nitrogens with one attached hydrogen (secondary N) is 2. The average molecular weight is 313 g/mol. The Balaban J connectivity index is 2.21. The van der Waals surface area contributed by atoms with E-state index >= 15 is 0 Å². The topological polar surface area (TPSA) is 144 Å². The fraction of sp³-hybridized carbons (Fsp3) is 0. The van der Waals surface area contributed by atoms with E-state index in [2.05, 4.69) is 20.1 Å². The molecule has 0 bridgehead atoms. The molecule has 0 saturated heterocycles. The number of hydrogen-bond acceptors (Lipinski definition) is 6. The summed E-state index contributed by atoms with van der Waals surface area (Å²) in [5, 5.41) is 14.0. The third kappa shape index (κ3) is 1.83. The van der Waals surface area contributed by atoms with E-state index in [1.54, 1.807) is 6.20 Å². The minimum Gasteiger partial charge on any atom is -0.305 e. The van der Waals surface area contributed by atoms with Crippen LogP contribution in [0.15, 0.2) is 40.4 Å². The van der Waals surface area contributed by atoms with Crippen molar-refractivity contribution < 1.29 is 4.92 Å². The van der Waals surface area contributed by atoms with Crippen molar-refractivity contribution in [2.45, 2.75) is 0 Å². The molecule has 11 nitrogen and oxygen atoms in total. The Bertz CT molecular complexity index is 1180. The van der Waals surface area contributed by atoms with Crippen LogP contribution in [0.4, 0.5) is 5.69 Å². The van der Waals surface area contributed by atoms with Gasteiger partial charge in [-0.25, -0.2) is 19.7 Å². The van der Waals surface area contributed by atoms with Gasteiger partial charge in [0.1, 0.15) is 5.69 Å². The van der Waals surface area contributed by atoms with Gasteiger partial charge in [0.15, 0.2) is 5.65 Å². The summed E-state index contributed by atoms with van der Waals surface area (Å²) in [7, 11) is 0. The maximum atomic E-state index is 11.9. The number of imidazole rings is 1. The predicted octanol–water partition coefficient (Wildman–Crippen LogP) is -0.0420. The van der Waals surface area contributed by atoms with Gasteiger partial charge in [-0.15, -0.1) is 0 Å². The Morgan fingerprint density at radius 1 is 1.26 bits per heavy atom. The van der Waals surface area contributed by atoms with Crippen molar-refractivity contribution in [1.29, 1.82) is 0 Å². The Kier molecular flexibility index (Phi) is 2.46. The molecule has 0 spiro atoms. The molecule has 23 heavy (non-hydrogen) atoms. The number of hydrogen-bond donors (Lipinski definition) is 2. The third-order valence-corrected chi connectivity index (χ3v) is 3.41. The molecule has 3 heterocycles. The summed E-state index contributed by atoms with van der Waals surface area (Å²) >= 11 is 0. The van der Waals surface area contributed by atoms with Gasteiger partial charge >= 0.3 is 11.4 Å². The second-order valence-electron chi connectivity index (χ2n) is 4.73. The lowest BCUT2D eigenvalue weighted by Gasteiger charge is -2.06. The second-order valence-corrected chi connectivity index (χ2v) is 4.73. The van der Waals surface area contributed by atoms with Crippen molar-refractivity contribution in [2.24, 2.45) is 0 Å². The number of aromatic amines is 2. The highest BCUT2D eigenvalue weighted by Crippen LogP contribution is 2.28. The zero-order chi connectivity index (χ0) is 16.1. The number of benzene rings is 1. The number of nitrogens with zero attached hydrogens (tertiary/aromatic N) is 5. The summed E-state index contributed by atoms with van der Waals surface area (Å²) in [6.45, 7) is 0. The summed E-state index contributed by atoms with van der Waals surface area (Å²) in [6.07, 6.45) is 4.44. The van der Waals surface area contributed by atoms with Gasteiger partial charge in [0.05, 0.1) is 16.8 Å². The summed E-state index contributed by atoms with van der Waals surface area (Å²) in [5.41, 5.74) is -1.02. The quantitative estimate of drug-likeness (QED) is 0.392. The van der Waals surface area contributed by atoms with E-state index in [9.17, 15) is 19.7 Å². The van der Waals surface area contributed by atoms with Crippen LogP contribution in [0.3, 0.4) is 0 Å². The summed E-state index contributed by atoms with van der Waals surface area (Å²) in [6, 6.07) is 2.70. The lowest BCUT2D eigenvalue weighted by molar-refractivity contribution is -0.384. The minimum absolute atomic E-state index is 0.0880. The first-order valence-corrected chi connectivity index (χ1v) is 6.36. The number of fused-ring (bicyclic) bond motifs is 3. The SMILES string of the molecule is O=c1nc2c3cc(-n4ccnc4)c([N+](=O)[O-])cc3[nH]c(=O)n2[nH]1. The molecule has 0 aliphatic carbocycles. The molecule has 0 aliphatic rings. The van der Waals surface area contributed by atoms with Gasteiger partial charge in [0.2, 0.25) is 0 Å². The number of rotatable bonds is 2. The molecule has 0 saturated carbocycles. The van der Waals surface area contributed by atoms with Crippen LogP contribution >= 0.6 is 0 Å². The van der Waals surface area contributed by atoms with Gasteiger partial charge in [0, 0.05) is 23.8 Å². The van der Waals surface area contributed by atoms with Crippen molar-refractivity contribution in [3.05, 3.63) is 61.9 Å². The monoisotopic (exact) mass is 313 g/mol. The van der Waals surface area contributed by atoms with Crippen molar-refractivity contribution in [1.82, 2.24) is 29.1 Å². The number of H-pyrrole nitrogens is 2. The van der Waals surface area contributed by atoms with Gasteiger partial charge in [-0.3, -0.25) is 10.1 Å². The van der Waals surface area contributed by atoms with Gasteiger partial charge in [0.25, 0.3) is 5.69 Å². The van der Waals surface area contributed by atoms with Gasteiger partial charge in [-0.1, -0.05) is 0 Å². The third-order valence-electron chi connectivity index (χ3n) is 3.41. The van der Waals surface area contributed by atoms with Crippen LogP contribution in [-0.2, 0) is 0 Å². The summed E-state index contributed by atoms with van der Waals surface area (Å²) < 4.78 is 2.41. The molecule has 11 heteroatoms. The van der Waals surface area contributed by atoms with Crippen LogP contribution < -0.4 is 11.4 Å². The molecule has 0 amide bonds. The van der Waals surface area contributed by atoms with Crippen LogP contribution in [0.25, 0.3) is 22.2 Å². The van der Waals surface area contributed by atoms with Crippen LogP contribution in [0.2, 0.25) is 0 Å². The lowest BCUT2D eigenvalue weighted by atomic mass is 10.2. The normalized spacial score (nSPS) is 11.3. The van der Waals surface area contributed by atoms with E-state index in [1.807, 2.05) is 0 Å². The molecule has 4 aromatic rings. The molecular weight excluding hydrogens is 306 g/mol. The summed E-state index contributed by atoms with van der Waals surface area (Å²) in [4.78, 5) is 44.2. The van der Waals surface area contributed by atoms with Crippen molar-refractivity contribution in [3.63, 3.8) is 0 Å². The second kappa shape index (κ2) is 4.37. The van der Waals surface area contributed by atoms with Crippen LogP contribution in [0, 0.1) is 10.1 Å². The Labute approximate surface area is 125 Å². The molecule has 4 rings (SSSR count). The molecule has 2 N–H and O–H groups in total. The highest BCUT2D eigenvalue weighted by atomic mass is 16.6. The standard InChI is InChI=1S/C12H7N7O4/c20-11-15-10-6-3-8(17-2-1-13-5-17)9(19(22)23)4-7(6)14-12(21)18(10)16-11/h1-5H,(H,14,21)(H,16,20). The fourth-order valence-corrected chi connectivity index (χ4v) is 2.44. The number of nitro groups is 1. The van der Waals surface area contributed by atoms with Gasteiger partial charge < -0.3 is 9.55 Å². The van der Waals surface area contributed by atoms with E-state index in [0.717, 1.165) is 4.52 Å². The van der Waals surface area contributed by atoms with Crippen LogP contribution in [0.5, 0.6) is 0 Å². The van der Waals surface area contributed by atoms with Crippen molar-refractivity contribution >= 4 is 22.2 Å².